The Balaban J connectivity index is 2.12. The van der Waals surface area contributed by atoms with Crippen LogP contribution in [0.4, 0.5) is 4.79 Å². The molecule has 3 N–H and O–H groups in total. The Morgan fingerprint density at radius 3 is 2.79 bits per heavy atom. The van der Waals surface area contributed by atoms with Gasteiger partial charge in [-0.2, -0.15) is 0 Å². The van der Waals surface area contributed by atoms with Crippen molar-refractivity contribution >= 4 is 6.03 Å². The molecule has 0 radical (unpaired) electrons. The number of piperidine rings is 2. The number of likely N-dealkylation sites (tertiary alicyclic amines) is 2. The highest BCUT2D eigenvalue weighted by Crippen LogP contribution is 2.30. The van der Waals surface area contributed by atoms with E-state index in [1.165, 1.54) is 0 Å². The highest BCUT2D eigenvalue weighted by atomic mass is 16.3. The summed E-state index contributed by atoms with van der Waals surface area (Å²) >= 11 is 0. The molecular formula is C9H17N3O2. The van der Waals surface area contributed by atoms with Gasteiger partial charge >= 0.3 is 6.03 Å². The summed E-state index contributed by atoms with van der Waals surface area (Å²) in [6.45, 7) is 2.63. The largest absolute Gasteiger partial charge is 0.387 e. The van der Waals surface area contributed by atoms with Crippen LogP contribution in [0.5, 0.6) is 0 Å². The molecule has 2 amide bonds. The smallest absolute Gasteiger partial charge is 0.314 e. The first-order valence-electron chi connectivity index (χ1n) is 4.94. The van der Waals surface area contributed by atoms with E-state index in [4.69, 9.17) is 5.73 Å². The zero-order chi connectivity index (χ0) is 10.3. The third-order valence-electron chi connectivity index (χ3n) is 3.08. The van der Waals surface area contributed by atoms with Gasteiger partial charge in [0.15, 0.2) is 0 Å². The second kappa shape index (κ2) is 3.10. The van der Waals surface area contributed by atoms with E-state index in [0.29, 0.717) is 25.6 Å². The molecule has 5 heteroatoms. The van der Waals surface area contributed by atoms with Crippen molar-refractivity contribution in [1.82, 2.24) is 9.80 Å². The number of fused-ring (bicyclic) bond motifs is 2. The van der Waals surface area contributed by atoms with Gasteiger partial charge in [0.2, 0.25) is 0 Å². The van der Waals surface area contributed by atoms with Gasteiger partial charge in [0.1, 0.15) is 0 Å². The molecule has 0 saturated carbocycles. The van der Waals surface area contributed by atoms with Crippen molar-refractivity contribution in [1.29, 1.82) is 0 Å². The van der Waals surface area contributed by atoms with E-state index < -0.39 is 11.6 Å². The molecule has 2 bridgehead atoms. The van der Waals surface area contributed by atoms with Gasteiger partial charge in [-0.05, 0) is 19.4 Å². The molecule has 2 rings (SSSR count). The molecule has 0 aromatic heterocycles. The molecule has 2 unspecified atom stereocenters. The van der Waals surface area contributed by atoms with Crippen molar-refractivity contribution in [2.24, 2.45) is 11.7 Å². The van der Waals surface area contributed by atoms with Crippen molar-refractivity contribution in [2.75, 3.05) is 33.2 Å². The number of amides is 2. The lowest BCUT2D eigenvalue weighted by Crippen LogP contribution is -2.63. The number of nitrogens with zero attached hydrogens (tertiary/aromatic N) is 2. The lowest BCUT2D eigenvalue weighted by molar-refractivity contribution is -0.0900. The molecule has 80 valence electrons. The quantitative estimate of drug-likeness (QED) is 0.529. The SMILES string of the molecule is CN1CC2CN(C(N)=O)CC(O)(C2)C1. The predicted molar refractivity (Wildman–Crippen MR) is 51.7 cm³/mol. The Kier molecular flexibility index (Phi) is 2.16. The molecule has 0 aromatic rings. The first-order chi connectivity index (χ1) is 6.48. The number of primary amides is 1. The number of likely N-dealkylation sites (N-methyl/N-ethyl adjacent to an activating group) is 1. The van der Waals surface area contributed by atoms with Crippen molar-refractivity contribution < 1.29 is 9.90 Å². The summed E-state index contributed by atoms with van der Waals surface area (Å²) in [5.74, 6) is 0.361. The van der Waals surface area contributed by atoms with Crippen LogP contribution in [0, 0.1) is 5.92 Å². The molecule has 0 aliphatic carbocycles. The van der Waals surface area contributed by atoms with Gasteiger partial charge in [0.05, 0.1) is 12.1 Å². The summed E-state index contributed by atoms with van der Waals surface area (Å²) in [5.41, 5.74) is 4.48. The minimum absolute atomic E-state index is 0.361. The first kappa shape index (κ1) is 9.73. The van der Waals surface area contributed by atoms with Gasteiger partial charge in [0.25, 0.3) is 0 Å². The summed E-state index contributed by atoms with van der Waals surface area (Å²) < 4.78 is 0. The highest BCUT2D eigenvalue weighted by molar-refractivity contribution is 5.72. The molecule has 14 heavy (non-hydrogen) atoms. The molecule has 0 spiro atoms. The summed E-state index contributed by atoms with van der Waals surface area (Å²) in [4.78, 5) is 14.7. The van der Waals surface area contributed by atoms with E-state index in [1.54, 1.807) is 4.90 Å². The second-order valence-electron chi connectivity index (χ2n) is 4.71. The van der Waals surface area contributed by atoms with E-state index >= 15 is 0 Å². The van der Waals surface area contributed by atoms with Gasteiger partial charge < -0.3 is 20.6 Å². The van der Waals surface area contributed by atoms with Crippen molar-refractivity contribution in [3.63, 3.8) is 0 Å². The Bertz CT molecular complexity index is 254. The molecular weight excluding hydrogens is 182 g/mol. The maximum atomic E-state index is 11.0. The van der Waals surface area contributed by atoms with Crippen LogP contribution in [0.25, 0.3) is 0 Å². The third kappa shape index (κ3) is 1.69. The van der Waals surface area contributed by atoms with Crippen molar-refractivity contribution in [3.8, 4) is 0 Å². The Morgan fingerprint density at radius 2 is 2.21 bits per heavy atom. The number of hydrogen-bond donors (Lipinski definition) is 2. The average molecular weight is 199 g/mol. The van der Waals surface area contributed by atoms with Gasteiger partial charge in [-0.15, -0.1) is 0 Å². The number of rotatable bonds is 0. The van der Waals surface area contributed by atoms with E-state index in [0.717, 1.165) is 13.0 Å². The van der Waals surface area contributed by atoms with E-state index in [1.807, 2.05) is 7.05 Å². The summed E-state index contributed by atoms with van der Waals surface area (Å²) in [5, 5.41) is 10.2. The van der Waals surface area contributed by atoms with Crippen LogP contribution in [0.2, 0.25) is 0 Å². The summed E-state index contributed by atoms with van der Waals surface area (Å²) in [6.07, 6.45) is 0.793. The fraction of sp³-hybridized carbons (Fsp3) is 0.889. The number of β-amino-alcohol motifs (C(OH)–C–C–N with tert-alkyl or cyclic N) is 1. The number of carbonyl (C=O) groups is 1. The van der Waals surface area contributed by atoms with E-state index in [2.05, 4.69) is 4.90 Å². The second-order valence-corrected chi connectivity index (χ2v) is 4.71. The minimum atomic E-state index is -0.745. The summed E-state index contributed by atoms with van der Waals surface area (Å²) in [6, 6.07) is -0.419. The molecule has 2 fully saturated rings. The highest BCUT2D eigenvalue weighted by Gasteiger charge is 2.43. The third-order valence-corrected chi connectivity index (χ3v) is 3.08. The Hall–Kier alpha value is -0.810. The lowest BCUT2D eigenvalue weighted by atomic mass is 9.81. The molecule has 2 heterocycles. The van der Waals surface area contributed by atoms with Crippen LogP contribution in [0.3, 0.4) is 0 Å². The zero-order valence-corrected chi connectivity index (χ0v) is 8.44. The van der Waals surface area contributed by atoms with Crippen LogP contribution < -0.4 is 5.73 Å². The molecule has 5 nitrogen and oxygen atoms in total. The maximum absolute atomic E-state index is 11.0. The molecule has 2 aliphatic rings. The zero-order valence-electron chi connectivity index (χ0n) is 8.44. The molecule has 2 aliphatic heterocycles. The predicted octanol–water partition coefficient (Wildman–Crippen LogP) is -0.936. The van der Waals surface area contributed by atoms with Gasteiger partial charge in [-0.25, -0.2) is 4.79 Å². The number of carbonyl (C=O) groups excluding carboxylic acids is 1. The van der Waals surface area contributed by atoms with Crippen molar-refractivity contribution in [3.05, 3.63) is 0 Å². The fourth-order valence-electron chi connectivity index (χ4n) is 2.81. The van der Waals surface area contributed by atoms with Crippen molar-refractivity contribution in [2.45, 2.75) is 12.0 Å². The van der Waals surface area contributed by atoms with Gasteiger partial charge in [0, 0.05) is 19.6 Å². The molecule has 2 atom stereocenters. The normalized spacial score (nSPS) is 38.4. The van der Waals surface area contributed by atoms with Crippen LogP contribution in [0.1, 0.15) is 6.42 Å². The molecule has 0 aromatic carbocycles. The van der Waals surface area contributed by atoms with E-state index in [-0.39, 0.29) is 0 Å². The average Bonchev–Trinajstić information content (AvgIpc) is 1.99. The Morgan fingerprint density at radius 1 is 1.50 bits per heavy atom. The van der Waals surface area contributed by atoms with Crippen LogP contribution in [-0.2, 0) is 0 Å². The Labute approximate surface area is 83.5 Å². The fourth-order valence-corrected chi connectivity index (χ4v) is 2.81. The van der Waals surface area contributed by atoms with Gasteiger partial charge in [-0.1, -0.05) is 0 Å². The lowest BCUT2D eigenvalue weighted by Gasteiger charge is -2.49. The number of urea groups is 1. The summed E-state index contributed by atoms with van der Waals surface area (Å²) in [7, 11) is 2.00. The standard InChI is InChI=1S/C9H17N3O2/c1-11-3-7-2-9(14,5-11)6-12(4-7)8(10)13/h7,14H,2-6H2,1H3,(H2,10,13). The van der Waals surface area contributed by atoms with Gasteiger partial charge in [-0.3, -0.25) is 0 Å². The maximum Gasteiger partial charge on any atom is 0.314 e. The molecule has 2 saturated heterocycles. The van der Waals surface area contributed by atoms with Crippen LogP contribution >= 0.6 is 0 Å². The number of hydrogen-bond acceptors (Lipinski definition) is 3. The minimum Gasteiger partial charge on any atom is -0.387 e. The number of aliphatic hydroxyl groups is 1. The van der Waals surface area contributed by atoms with Crippen LogP contribution in [-0.4, -0.2) is 59.8 Å². The number of nitrogens with two attached hydrogens (primary N) is 1. The van der Waals surface area contributed by atoms with Crippen LogP contribution in [0.15, 0.2) is 0 Å². The first-order valence-corrected chi connectivity index (χ1v) is 4.94. The topological polar surface area (TPSA) is 69.8 Å². The van der Waals surface area contributed by atoms with E-state index in [9.17, 15) is 9.90 Å². The monoisotopic (exact) mass is 199 g/mol.